The van der Waals surface area contributed by atoms with Crippen molar-refractivity contribution in [3.05, 3.63) is 54.2 Å². The molecule has 0 saturated heterocycles. The third-order valence-corrected chi connectivity index (χ3v) is 3.83. The van der Waals surface area contributed by atoms with Gasteiger partial charge in [-0.2, -0.15) is 0 Å². The molecule has 0 saturated carbocycles. The van der Waals surface area contributed by atoms with Gasteiger partial charge in [0.1, 0.15) is 5.82 Å². The lowest BCUT2D eigenvalue weighted by Gasteiger charge is -2.08. The highest BCUT2D eigenvalue weighted by Crippen LogP contribution is 2.18. The molecule has 1 aromatic carbocycles. The number of nitrogens with zero attached hydrogens (tertiary/aromatic N) is 3. The highest BCUT2D eigenvalue weighted by molar-refractivity contribution is 5.80. The molecule has 0 aliphatic carbocycles. The number of benzene rings is 1. The average Bonchev–Trinajstić information content (AvgIpc) is 3.07. The van der Waals surface area contributed by atoms with Gasteiger partial charge in [0, 0.05) is 37.7 Å². The predicted molar refractivity (Wildman–Crippen MR) is 86.2 cm³/mol. The summed E-state index contributed by atoms with van der Waals surface area (Å²) in [6.45, 7) is 4.98. The van der Waals surface area contributed by atoms with Crippen molar-refractivity contribution < 1.29 is 0 Å². The Morgan fingerprint density at radius 2 is 2.10 bits per heavy atom. The third kappa shape index (κ3) is 3.00. The minimum atomic E-state index is 0.804. The lowest BCUT2D eigenvalue weighted by atomic mass is 10.1. The fourth-order valence-corrected chi connectivity index (χ4v) is 2.59. The molecule has 3 aromatic rings. The zero-order chi connectivity index (χ0) is 14.7. The van der Waals surface area contributed by atoms with E-state index in [9.17, 15) is 0 Å². The molecule has 110 valence electrons. The fourth-order valence-electron chi connectivity index (χ4n) is 2.59. The van der Waals surface area contributed by atoms with Gasteiger partial charge >= 0.3 is 0 Å². The standard InChI is InChI=1S/C17H22N4/c1-3-7-18-12-14-4-5-15-6-9-21(16(15)11-14)13-17-19-8-10-20(17)2/h4-6,8-11,18H,3,7,12-13H2,1-2H3. The summed E-state index contributed by atoms with van der Waals surface area (Å²) < 4.78 is 4.33. The molecule has 0 spiro atoms. The van der Waals surface area contributed by atoms with Crippen molar-refractivity contribution in [1.82, 2.24) is 19.4 Å². The van der Waals surface area contributed by atoms with Crippen molar-refractivity contribution in [2.24, 2.45) is 7.05 Å². The van der Waals surface area contributed by atoms with Crippen LogP contribution in [0.1, 0.15) is 24.7 Å². The second-order valence-electron chi connectivity index (χ2n) is 5.47. The zero-order valence-corrected chi connectivity index (χ0v) is 12.7. The minimum Gasteiger partial charge on any atom is -0.340 e. The van der Waals surface area contributed by atoms with Gasteiger partial charge in [0.05, 0.1) is 6.54 Å². The number of rotatable bonds is 6. The van der Waals surface area contributed by atoms with Gasteiger partial charge in [-0.3, -0.25) is 0 Å². The van der Waals surface area contributed by atoms with Gasteiger partial charge in [-0.25, -0.2) is 4.98 Å². The first-order valence-corrected chi connectivity index (χ1v) is 7.52. The summed E-state index contributed by atoms with van der Waals surface area (Å²) in [5, 5.41) is 4.74. The molecule has 0 radical (unpaired) electrons. The topological polar surface area (TPSA) is 34.8 Å². The lowest BCUT2D eigenvalue weighted by Crippen LogP contribution is -2.13. The van der Waals surface area contributed by atoms with Crippen molar-refractivity contribution in [3.8, 4) is 0 Å². The molecule has 0 aliphatic rings. The van der Waals surface area contributed by atoms with Crippen molar-refractivity contribution >= 4 is 10.9 Å². The maximum absolute atomic E-state index is 4.41. The van der Waals surface area contributed by atoms with Crippen LogP contribution in [0.3, 0.4) is 0 Å². The van der Waals surface area contributed by atoms with E-state index < -0.39 is 0 Å². The van der Waals surface area contributed by atoms with E-state index in [4.69, 9.17) is 0 Å². The van der Waals surface area contributed by atoms with E-state index in [1.54, 1.807) is 0 Å². The van der Waals surface area contributed by atoms with Gasteiger partial charge in [-0.05, 0) is 36.0 Å². The smallest absolute Gasteiger partial charge is 0.128 e. The average molecular weight is 282 g/mol. The summed E-state index contributed by atoms with van der Waals surface area (Å²) in [5.41, 5.74) is 2.60. The van der Waals surface area contributed by atoms with Crippen LogP contribution >= 0.6 is 0 Å². The molecule has 2 aromatic heterocycles. The Kier molecular flexibility index (Phi) is 4.06. The first-order valence-electron chi connectivity index (χ1n) is 7.52. The van der Waals surface area contributed by atoms with Crippen LogP contribution in [0.2, 0.25) is 0 Å². The van der Waals surface area contributed by atoms with Crippen LogP contribution in [-0.2, 0) is 20.1 Å². The summed E-state index contributed by atoms with van der Waals surface area (Å²) in [5.74, 6) is 1.07. The first kappa shape index (κ1) is 13.9. The van der Waals surface area contributed by atoms with Crippen LogP contribution in [0.4, 0.5) is 0 Å². The zero-order valence-electron chi connectivity index (χ0n) is 12.7. The number of imidazole rings is 1. The second kappa shape index (κ2) is 6.14. The number of aromatic nitrogens is 3. The van der Waals surface area contributed by atoms with E-state index in [0.717, 1.165) is 31.9 Å². The van der Waals surface area contributed by atoms with Gasteiger partial charge in [0.2, 0.25) is 0 Å². The SMILES string of the molecule is CCCNCc1ccc2ccn(Cc3nccn3C)c2c1. The van der Waals surface area contributed by atoms with Gasteiger partial charge in [0.15, 0.2) is 0 Å². The van der Waals surface area contributed by atoms with Crippen LogP contribution < -0.4 is 5.32 Å². The molecule has 0 atom stereocenters. The number of aryl methyl sites for hydroxylation is 1. The Bertz CT molecular complexity index is 723. The summed E-state index contributed by atoms with van der Waals surface area (Å²) in [7, 11) is 2.04. The van der Waals surface area contributed by atoms with Crippen LogP contribution in [0.5, 0.6) is 0 Å². The van der Waals surface area contributed by atoms with E-state index in [2.05, 4.69) is 56.8 Å². The highest BCUT2D eigenvalue weighted by Gasteiger charge is 2.05. The number of hydrogen-bond acceptors (Lipinski definition) is 2. The van der Waals surface area contributed by atoms with Crippen molar-refractivity contribution in [2.45, 2.75) is 26.4 Å². The quantitative estimate of drug-likeness (QED) is 0.705. The normalized spacial score (nSPS) is 11.3. The molecule has 0 aliphatic heterocycles. The van der Waals surface area contributed by atoms with Crippen LogP contribution in [-0.4, -0.2) is 20.7 Å². The van der Waals surface area contributed by atoms with Gasteiger partial charge in [-0.1, -0.05) is 19.1 Å². The summed E-state index contributed by atoms with van der Waals surface area (Å²) >= 11 is 0. The van der Waals surface area contributed by atoms with Crippen molar-refractivity contribution in [3.63, 3.8) is 0 Å². The van der Waals surface area contributed by atoms with E-state index in [-0.39, 0.29) is 0 Å². The lowest BCUT2D eigenvalue weighted by molar-refractivity contribution is 0.675. The maximum atomic E-state index is 4.41. The second-order valence-corrected chi connectivity index (χ2v) is 5.47. The summed E-state index contributed by atoms with van der Waals surface area (Å²) in [6, 6.07) is 8.85. The van der Waals surface area contributed by atoms with Crippen molar-refractivity contribution in [1.29, 1.82) is 0 Å². The van der Waals surface area contributed by atoms with E-state index >= 15 is 0 Å². The molecule has 4 nitrogen and oxygen atoms in total. The Hall–Kier alpha value is -2.07. The molecule has 21 heavy (non-hydrogen) atoms. The Morgan fingerprint density at radius 3 is 2.86 bits per heavy atom. The first-order chi connectivity index (χ1) is 10.3. The Labute approximate surface area is 125 Å². The molecule has 0 fully saturated rings. The molecule has 1 N–H and O–H groups in total. The van der Waals surface area contributed by atoms with Gasteiger partial charge < -0.3 is 14.5 Å². The van der Waals surface area contributed by atoms with Gasteiger partial charge in [-0.15, -0.1) is 0 Å². The Morgan fingerprint density at radius 1 is 1.19 bits per heavy atom. The fraction of sp³-hybridized carbons (Fsp3) is 0.353. The summed E-state index contributed by atoms with van der Waals surface area (Å²) in [4.78, 5) is 4.41. The van der Waals surface area contributed by atoms with Crippen LogP contribution in [0.15, 0.2) is 42.9 Å². The molecular formula is C17H22N4. The molecule has 0 bridgehead atoms. The van der Waals surface area contributed by atoms with Crippen molar-refractivity contribution in [2.75, 3.05) is 6.54 Å². The maximum Gasteiger partial charge on any atom is 0.128 e. The van der Waals surface area contributed by atoms with Crippen LogP contribution in [0.25, 0.3) is 10.9 Å². The van der Waals surface area contributed by atoms with E-state index in [1.165, 1.54) is 16.5 Å². The largest absolute Gasteiger partial charge is 0.340 e. The minimum absolute atomic E-state index is 0.804. The number of hydrogen-bond donors (Lipinski definition) is 1. The van der Waals surface area contributed by atoms with Gasteiger partial charge in [0.25, 0.3) is 0 Å². The van der Waals surface area contributed by atoms with Crippen LogP contribution in [0, 0.1) is 0 Å². The monoisotopic (exact) mass is 282 g/mol. The number of nitrogens with one attached hydrogen (secondary N) is 1. The highest BCUT2D eigenvalue weighted by atomic mass is 15.1. The summed E-state index contributed by atoms with van der Waals surface area (Å²) in [6.07, 6.45) is 7.14. The number of fused-ring (bicyclic) bond motifs is 1. The van der Waals surface area contributed by atoms with E-state index in [0.29, 0.717) is 0 Å². The molecule has 0 amide bonds. The van der Waals surface area contributed by atoms with E-state index in [1.807, 2.05) is 19.4 Å². The predicted octanol–water partition coefficient (Wildman–Crippen LogP) is 2.92. The molecular weight excluding hydrogens is 260 g/mol. The molecule has 2 heterocycles. The molecule has 0 unspecified atom stereocenters. The molecule has 3 rings (SSSR count). The third-order valence-electron chi connectivity index (χ3n) is 3.83. The Balaban J connectivity index is 1.85. The molecule has 4 heteroatoms.